The highest BCUT2D eigenvalue weighted by Crippen LogP contribution is 2.36. The second-order valence-corrected chi connectivity index (χ2v) is 13.1. The highest BCUT2D eigenvalue weighted by molar-refractivity contribution is 6.74. The van der Waals surface area contributed by atoms with Crippen molar-refractivity contribution in [2.45, 2.75) is 96.4 Å². The van der Waals surface area contributed by atoms with Gasteiger partial charge in [0, 0.05) is 13.7 Å². The Labute approximate surface area is 151 Å². The van der Waals surface area contributed by atoms with Crippen LogP contribution in [0.2, 0.25) is 18.1 Å². The summed E-state index contributed by atoms with van der Waals surface area (Å²) in [6, 6.07) is 0. The Morgan fingerprint density at radius 3 is 1.96 bits per heavy atom. The molecule has 1 unspecified atom stereocenters. The molecular weight excluding hydrogens is 320 g/mol. The zero-order chi connectivity index (χ0) is 18.5. The van der Waals surface area contributed by atoms with Crippen molar-refractivity contribution in [1.29, 1.82) is 0 Å². The van der Waals surface area contributed by atoms with Crippen molar-refractivity contribution in [2.75, 3.05) is 27.1 Å². The summed E-state index contributed by atoms with van der Waals surface area (Å²) in [6.07, 6.45) is 9.49. The molecule has 0 aromatic heterocycles. The minimum absolute atomic E-state index is 0.0718. The Morgan fingerprint density at radius 2 is 1.46 bits per heavy atom. The van der Waals surface area contributed by atoms with E-state index >= 15 is 0 Å². The first-order chi connectivity index (χ1) is 11.2. The molecule has 0 rings (SSSR count). The molecule has 0 aromatic rings. The van der Waals surface area contributed by atoms with Gasteiger partial charge in [0.1, 0.15) is 6.79 Å². The lowest BCUT2D eigenvalue weighted by Crippen LogP contribution is -2.40. The van der Waals surface area contributed by atoms with Gasteiger partial charge in [-0.2, -0.15) is 0 Å². The van der Waals surface area contributed by atoms with E-state index in [1.54, 1.807) is 7.11 Å². The van der Waals surface area contributed by atoms with Crippen LogP contribution in [-0.2, 0) is 13.9 Å². The third-order valence-corrected chi connectivity index (χ3v) is 9.60. The second-order valence-electron chi connectivity index (χ2n) is 8.25. The Morgan fingerprint density at radius 1 is 0.917 bits per heavy atom. The number of hydrogen-bond donors (Lipinski definition) is 1. The monoisotopic (exact) mass is 362 g/mol. The number of ether oxygens (including phenoxy) is 2. The molecule has 0 aliphatic heterocycles. The standard InChI is InChI=1S/C19H42O4Si/c1-19(2,3)24(5,6)23-15-13-11-9-7-8-10-12-14-18(16-20)22-17-21-4/h18,20H,7-17H2,1-6H3. The molecule has 0 amide bonds. The molecule has 0 aliphatic rings. The maximum absolute atomic E-state index is 9.19. The summed E-state index contributed by atoms with van der Waals surface area (Å²) in [5, 5.41) is 9.51. The predicted octanol–water partition coefficient (Wildman–Crippen LogP) is 5.11. The van der Waals surface area contributed by atoms with Crippen LogP contribution < -0.4 is 0 Å². The van der Waals surface area contributed by atoms with Crippen LogP contribution in [0.25, 0.3) is 0 Å². The molecule has 146 valence electrons. The fraction of sp³-hybridized carbons (Fsp3) is 1.00. The van der Waals surface area contributed by atoms with E-state index < -0.39 is 8.32 Å². The van der Waals surface area contributed by atoms with Crippen molar-refractivity contribution in [2.24, 2.45) is 0 Å². The molecule has 0 aliphatic carbocycles. The molecule has 0 heterocycles. The lowest BCUT2D eigenvalue weighted by molar-refractivity contribution is -0.0898. The molecule has 1 N–H and O–H groups in total. The molecule has 0 saturated carbocycles. The lowest BCUT2D eigenvalue weighted by atomic mass is 10.1. The fourth-order valence-electron chi connectivity index (χ4n) is 2.29. The third-order valence-electron chi connectivity index (χ3n) is 5.06. The molecule has 0 aromatic carbocycles. The minimum Gasteiger partial charge on any atom is -0.417 e. The Kier molecular flexibility index (Phi) is 13.3. The largest absolute Gasteiger partial charge is 0.417 e. The topological polar surface area (TPSA) is 47.9 Å². The first-order valence-corrected chi connectivity index (χ1v) is 12.5. The van der Waals surface area contributed by atoms with Gasteiger partial charge in [0.05, 0.1) is 12.7 Å². The van der Waals surface area contributed by atoms with Gasteiger partial charge in [-0.15, -0.1) is 0 Å². The van der Waals surface area contributed by atoms with Gasteiger partial charge < -0.3 is 19.0 Å². The van der Waals surface area contributed by atoms with Crippen LogP contribution in [0.1, 0.15) is 72.1 Å². The third kappa shape index (κ3) is 11.6. The second kappa shape index (κ2) is 13.3. The predicted molar refractivity (Wildman–Crippen MR) is 104 cm³/mol. The number of hydrogen-bond acceptors (Lipinski definition) is 4. The van der Waals surface area contributed by atoms with E-state index in [0.29, 0.717) is 5.04 Å². The number of rotatable bonds is 15. The summed E-state index contributed by atoms with van der Waals surface area (Å²) in [5.41, 5.74) is 0. The minimum atomic E-state index is -1.56. The van der Waals surface area contributed by atoms with Gasteiger partial charge >= 0.3 is 0 Å². The summed E-state index contributed by atoms with van der Waals surface area (Å²) >= 11 is 0. The molecule has 0 saturated heterocycles. The number of aliphatic hydroxyl groups is 1. The van der Waals surface area contributed by atoms with Crippen LogP contribution in [0.4, 0.5) is 0 Å². The molecule has 24 heavy (non-hydrogen) atoms. The molecule has 0 fully saturated rings. The van der Waals surface area contributed by atoms with Crippen LogP contribution in [0.5, 0.6) is 0 Å². The van der Waals surface area contributed by atoms with Crippen molar-refractivity contribution in [3.8, 4) is 0 Å². The quantitative estimate of drug-likeness (QED) is 0.250. The molecule has 0 radical (unpaired) electrons. The van der Waals surface area contributed by atoms with Gasteiger partial charge in [0.25, 0.3) is 0 Å². The van der Waals surface area contributed by atoms with Crippen LogP contribution in [-0.4, -0.2) is 46.6 Å². The van der Waals surface area contributed by atoms with E-state index in [-0.39, 0.29) is 19.5 Å². The molecular formula is C19H42O4Si. The van der Waals surface area contributed by atoms with Crippen LogP contribution >= 0.6 is 0 Å². The van der Waals surface area contributed by atoms with Gasteiger partial charge in [0.2, 0.25) is 0 Å². The zero-order valence-electron chi connectivity index (χ0n) is 17.0. The summed E-state index contributed by atoms with van der Waals surface area (Å²) in [5.74, 6) is 0. The summed E-state index contributed by atoms with van der Waals surface area (Å²) in [6.45, 7) is 12.8. The van der Waals surface area contributed by atoms with Crippen molar-refractivity contribution >= 4 is 8.32 Å². The first kappa shape index (κ1) is 24.1. The fourth-order valence-corrected chi connectivity index (χ4v) is 3.38. The van der Waals surface area contributed by atoms with Crippen LogP contribution in [0, 0.1) is 0 Å². The highest BCUT2D eigenvalue weighted by Gasteiger charge is 2.36. The number of aliphatic hydroxyl groups excluding tert-OH is 1. The molecule has 0 bridgehead atoms. The average molecular weight is 363 g/mol. The summed E-state index contributed by atoms with van der Waals surface area (Å²) < 4.78 is 16.4. The smallest absolute Gasteiger partial charge is 0.191 e. The van der Waals surface area contributed by atoms with Crippen molar-refractivity contribution in [3.05, 3.63) is 0 Å². The Balaban J connectivity index is 3.46. The number of unbranched alkanes of at least 4 members (excludes halogenated alkanes) is 6. The van der Waals surface area contributed by atoms with Gasteiger partial charge in [-0.05, 0) is 31.0 Å². The van der Waals surface area contributed by atoms with E-state index in [2.05, 4.69) is 33.9 Å². The number of methoxy groups -OCH3 is 1. The van der Waals surface area contributed by atoms with Gasteiger partial charge in [0.15, 0.2) is 8.32 Å². The van der Waals surface area contributed by atoms with Crippen molar-refractivity contribution in [1.82, 2.24) is 0 Å². The normalized spacial score (nSPS) is 14.1. The average Bonchev–Trinajstić information content (AvgIpc) is 2.50. The van der Waals surface area contributed by atoms with Gasteiger partial charge in [-0.3, -0.25) is 0 Å². The van der Waals surface area contributed by atoms with Crippen LogP contribution in [0.3, 0.4) is 0 Å². The first-order valence-electron chi connectivity index (χ1n) is 9.60. The van der Waals surface area contributed by atoms with E-state index in [9.17, 15) is 5.11 Å². The van der Waals surface area contributed by atoms with E-state index in [1.165, 1.54) is 38.5 Å². The van der Waals surface area contributed by atoms with E-state index in [4.69, 9.17) is 13.9 Å². The Bertz CT molecular complexity index is 290. The SMILES string of the molecule is COCOC(CO)CCCCCCCCCO[Si](C)(C)C(C)(C)C. The highest BCUT2D eigenvalue weighted by atomic mass is 28.4. The molecule has 0 spiro atoms. The Hall–Kier alpha value is 0.0569. The van der Waals surface area contributed by atoms with Crippen molar-refractivity contribution in [3.63, 3.8) is 0 Å². The molecule has 1 atom stereocenters. The van der Waals surface area contributed by atoms with E-state index in [0.717, 1.165) is 19.4 Å². The van der Waals surface area contributed by atoms with Gasteiger partial charge in [-0.25, -0.2) is 0 Å². The maximum Gasteiger partial charge on any atom is 0.191 e. The van der Waals surface area contributed by atoms with Crippen molar-refractivity contribution < 1.29 is 19.0 Å². The maximum atomic E-state index is 9.19. The van der Waals surface area contributed by atoms with Crippen LogP contribution in [0.15, 0.2) is 0 Å². The lowest BCUT2D eigenvalue weighted by Gasteiger charge is -2.36. The zero-order valence-corrected chi connectivity index (χ0v) is 18.0. The van der Waals surface area contributed by atoms with E-state index in [1.807, 2.05) is 0 Å². The van der Waals surface area contributed by atoms with Gasteiger partial charge in [-0.1, -0.05) is 59.3 Å². The molecule has 5 heteroatoms. The summed E-state index contributed by atoms with van der Waals surface area (Å²) in [4.78, 5) is 0. The molecule has 4 nitrogen and oxygen atoms in total. The summed E-state index contributed by atoms with van der Waals surface area (Å²) in [7, 11) is 0.0465.